The monoisotopic (exact) mass is 730 g/mol. The minimum atomic E-state index is -0.112. The third-order valence-electron chi connectivity index (χ3n) is 8.49. The second kappa shape index (κ2) is 38.0. The van der Waals surface area contributed by atoms with Gasteiger partial charge < -0.3 is 53.6 Å². The van der Waals surface area contributed by atoms with Crippen molar-refractivity contribution in [2.24, 2.45) is 0 Å². The number of unbranched alkanes of at least 4 members (excludes halogenated alkanes) is 20. The quantitative estimate of drug-likeness (QED) is 0.0818. The first-order valence-corrected chi connectivity index (χ1v) is 18.2. The maximum absolute atomic E-state index is 10.0. The zero-order valence-electron chi connectivity index (χ0n) is 29.8. The lowest BCUT2D eigenvalue weighted by Crippen LogP contribution is -3.07. The Morgan fingerprint density at radius 1 is 0.476 bits per heavy atom. The van der Waals surface area contributed by atoms with Crippen molar-refractivity contribution >= 4 is 0 Å². The molecule has 0 spiro atoms. The van der Waals surface area contributed by atoms with Gasteiger partial charge in [0.05, 0.1) is 34.7 Å². The fourth-order valence-electron chi connectivity index (χ4n) is 5.45. The summed E-state index contributed by atoms with van der Waals surface area (Å²) in [6.07, 6.45) is 32.1. The highest BCUT2D eigenvalue weighted by Crippen LogP contribution is 2.14. The van der Waals surface area contributed by atoms with Gasteiger partial charge in [-0.05, 0) is 19.8 Å². The number of aliphatic hydroxyl groups is 2. The van der Waals surface area contributed by atoms with Crippen molar-refractivity contribution in [1.82, 2.24) is 0 Å². The second-order valence-corrected chi connectivity index (χ2v) is 13.8. The van der Waals surface area contributed by atoms with Gasteiger partial charge in [-0.15, -0.1) is 0 Å². The summed E-state index contributed by atoms with van der Waals surface area (Å²) in [5, 5.41) is 19.8. The van der Waals surface area contributed by atoms with E-state index in [0.717, 1.165) is 37.0 Å². The number of rotatable bonds is 29. The molecule has 0 aromatic heterocycles. The fraction of sp³-hybridized carbons (Fsp3) is 1.00. The van der Waals surface area contributed by atoms with E-state index in [4.69, 9.17) is 0 Å². The first kappa shape index (κ1) is 49.7. The lowest BCUT2D eigenvalue weighted by Gasteiger charge is -2.30. The number of hydrogen-bond acceptors (Lipinski definition) is 2. The van der Waals surface area contributed by atoms with Crippen LogP contribution in [-0.2, 0) is 0 Å². The molecule has 0 radical (unpaired) electrons. The lowest BCUT2D eigenvalue weighted by molar-refractivity contribution is -0.891. The molecule has 6 heteroatoms. The number of likely N-dealkylation sites (N-methyl/N-ethyl adjacent to an activating group) is 2. The molecule has 0 aromatic carbocycles. The van der Waals surface area contributed by atoms with E-state index in [0.29, 0.717) is 0 Å². The Kier molecular flexibility index (Phi) is 44.9. The molecule has 0 rings (SSSR count). The van der Waals surface area contributed by atoms with Gasteiger partial charge in [-0.1, -0.05) is 155 Å². The van der Waals surface area contributed by atoms with Crippen LogP contribution in [0.15, 0.2) is 0 Å². The Labute approximate surface area is 287 Å². The molecule has 0 heterocycles. The number of nitrogens with one attached hydrogen (secondary N) is 1. The van der Waals surface area contributed by atoms with E-state index in [2.05, 4.69) is 49.0 Å². The summed E-state index contributed by atoms with van der Waals surface area (Å²) in [7, 11) is 8.60. The van der Waals surface area contributed by atoms with Gasteiger partial charge in [0.15, 0.2) is 0 Å². The average molecular weight is 733 g/mol. The van der Waals surface area contributed by atoms with Crippen molar-refractivity contribution < 1.29 is 53.6 Å². The topological polar surface area (TPSA) is 44.9 Å². The van der Waals surface area contributed by atoms with Crippen LogP contribution in [0.25, 0.3) is 0 Å². The number of hydrogen-bond donors (Lipinski definition) is 3. The molecular weight excluding hydrogens is 652 g/mol. The molecule has 42 heavy (non-hydrogen) atoms. The molecule has 0 aliphatic carbocycles. The highest BCUT2D eigenvalue weighted by Gasteiger charge is 2.17. The summed E-state index contributed by atoms with van der Waals surface area (Å²) in [6.45, 7) is 9.62. The zero-order valence-corrected chi connectivity index (χ0v) is 33.0. The van der Waals surface area contributed by atoms with E-state index < -0.39 is 0 Å². The van der Waals surface area contributed by atoms with E-state index in [1.807, 2.05) is 0 Å². The van der Waals surface area contributed by atoms with E-state index in [1.165, 1.54) is 146 Å². The number of nitrogens with zero attached hydrogens (tertiary/aromatic N) is 1. The molecule has 0 aromatic rings. The maximum Gasteiger partial charge on any atom is 0.105 e. The van der Waals surface area contributed by atoms with Crippen LogP contribution in [0.1, 0.15) is 175 Å². The second-order valence-electron chi connectivity index (χ2n) is 13.8. The van der Waals surface area contributed by atoms with Gasteiger partial charge in [-0.3, -0.25) is 0 Å². The van der Waals surface area contributed by atoms with Crippen molar-refractivity contribution in [3.05, 3.63) is 0 Å². The van der Waals surface area contributed by atoms with Gasteiger partial charge in [0, 0.05) is 0 Å². The van der Waals surface area contributed by atoms with Gasteiger partial charge >= 0.3 is 0 Å². The van der Waals surface area contributed by atoms with E-state index in [9.17, 15) is 10.2 Å². The summed E-state index contributed by atoms with van der Waals surface area (Å²) < 4.78 is 0.930. The van der Waals surface area contributed by atoms with Gasteiger partial charge in [-0.25, -0.2) is 0 Å². The summed E-state index contributed by atoms with van der Waals surface area (Å²) >= 11 is 0. The molecule has 0 fully saturated rings. The molecule has 0 saturated heterocycles. The van der Waals surface area contributed by atoms with Crippen molar-refractivity contribution in [2.75, 3.05) is 47.8 Å². The molecule has 2 atom stereocenters. The molecule has 3 N–H and O–H groups in total. The predicted octanol–water partition coefficient (Wildman–Crippen LogP) is 2.35. The van der Waals surface area contributed by atoms with Crippen LogP contribution in [0.4, 0.5) is 0 Å². The summed E-state index contributed by atoms with van der Waals surface area (Å²) in [4.78, 5) is 1.34. The number of aliphatic hydroxyl groups excluding tert-OH is 2. The number of halogens is 2. The standard InChI is InChI=1S/C19H42NO.C17H37NO.2BrH/c1-5-7-8-9-10-11-12-13-14-15-16-17-19(21)18-20(3,4)6-2;1-4-5-6-7-8-9-10-11-12-13-14-15-17(19)16-18(2)3;;/h19,21H,5-18H2,1-4H3;17,19H,4-16H2,1-3H3;2*1H/q+1;;;/p-1. The molecule has 0 bridgehead atoms. The van der Waals surface area contributed by atoms with Crippen LogP contribution >= 0.6 is 0 Å². The maximum atomic E-state index is 10.0. The molecule has 0 aliphatic rings. The minimum Gasteiger partial charge on any atom is -1.00 e. The van der Waals surface area contributed by atoms with Gasteiger partial charge in [0.25, 0.3) is 0 Å². The molecule has 0 amide bonds. The van der Waals surface area contributed by atoms with Gasteiger partial charge in [-0.2, -0.15) is 0 Å². The van der Waals surface area contributed by atoms with Crippen molar-refractivity contribution in [2.45, 2.75) is 187 Å². The van der Waals surface area contributed by atoms with Crippen molar-refractivity contribution in [1.29, 1.82) is 0 Å². The third kappa shape index (κ3) is 42.9. The minimum absolute atomic E-state index is 0. The smallest absolute Gasteiger partial charge is 0.105 e. The highest BCUT2D eigenvalue weighted by atomic mass is 79.9. The van der Waals surface area contributed by atoms with E-state index in [-0.39, 0.29) is 46.2 Å². The fourth-order valence-corrected chi connectivity index (χ4v) is 5.45. The zero-order chi connectivity index (χ0) is 30.3. The first-order chi connectivity index (χ1) is 19.2. The Bertz CT molecular complexity index is 481. The third-order valence-corrected chi connectivity index (χ3v) is 8.49. The normalized spacial score (nSPS) is 12.7. The Morgan fingerprint density at radius 2 is 0.762 bits per heavy atom. The summed E-state index contributed by atoms with van der Waals surface area (Å²) in [5.41, 5.74) is 0. The van der Waals surface area contributed by atoms with Crippen LogP contribution in [0, 0.1) is 0 Å². The Hall–Kier alpha value is 0.800. The summed E-state index contributed by atoms with van der Waals surface area (Å²) in [5.74, 6) is 0. The van der Waals surface area contributed by atoms with Crippen LogP contribution in [0.3, 0.4) is 0 Å². The van der Waals surface area contributed by atoms with Crippen LogP contribution in [0.5, 0.6) is 0 Å². The van der Waals surface area contributed by atoms with E-state index >= 15 is 0 Å². The van der Waals surface area contributed by atoms with Crippen molar-refractivity contribution in [3.63, 3.8) is 0 Å². The Balaban J connectivity index is -0.000000330. The highest BCUT2D eigenvalue weighted by molar-refractivity contribution is 4.56. The number of quaternary nitrogens is 2. The first-order valence-electron chi connectivity index (χ1n) is 18.2. The largest absolute Gasteiger partial charge is 1.00 e. The Morgan fingerprint density at radius 3 is 1.05 bits per heavy atom. The SMILES string of the molecule is CCCCCCCCCCCCCC(O)C[N+](C)(C)CC.CCCCCCCCCCCCCC(O)C[NH+](C)C.[Br-].[Br-]. The summed E-state index contributed by atoms with van der Waals surface area (Å²) in [6, 6.07) is 0. The predicted molar refractivity (Wildman–Crippen MR) is 179 cm³/mol. The van der Waals surface area contributed by atoms with E-state index in [1.54, 1.807) is 0 Å². The molecule has 2 unspecified atom stereocenters. The molecule has 0 aliphatic heterocycles. The molecule has 260 valence electrons. The van der Waals surface area contributed by atoms with Crippen LogP contribution in [-0.4, -0.2) is 74.7 Å². The molecule has 0 saturated carbocycles. The molecule has 4 nitrogen and oxygen atoms in total. The van der Waals surface area contributed by atoms with Gasteiger partial charge in [0.1, 0.15) is 25.3 Å². The van der Waals surface area contributed by atoms with Crippen molar-refractivity contribution in [3.8, 4) is 0 Å². The lowest BCUT2D eigenvalue weighted by atomic mass is 10.0. The van der Waals surface area contributed by atoms with Crippen LogP contribution < -0.4 is 38.9 Å². The van der Waals surface area contributed by atoms with Crippen LogP contribution in [0.2, 0.25) is 0 Å². The average Bonchev–Trinajstić information content (AvgIpc) is 2.90. The van der Waals surface area contributed by atoms with Gasteiger partial charge in [0.2, 0.25) is 0 Å². The molecular formula is C36H80Br2N2O2.